The second kappa shape index (κ2) is 6.53. The predicted octanol–water partition coefficient (Wildman–Crippen LogP) is 0.866. The van der Waals surface area contributed by atoms with Crippen molar-refractivity contribution in [2.75, 3.05) is 45.3 Å². The SMILES string of the molecule is CNC(=O)c1c(NCCN(C)C)sc(C(C)=O)c1N. The van der Waals surface area contributed by atoms with Crippen LogP contribution in [0.15, 0.2) is 0 Å². The van der Waals surface area contributed by atoms with E-state index in [4.69, 9.17) is 5.73 Å². The molecular weight excluding hydrogens is 264 g/mol. The Bertz CT molecular complexity index is 482. The van der Waals surface area contributed by atoms with Crippen LogP contribution >= 0.6 is 11.3 Å². The molecule has 0 saturated heterocycles. The summed E-state index contributed by atoms with van der Waals surface area (Å²) in [4.78, 5) is 25.8. The van der Waals surface area contributed by atoms with E-state index in [2.05, 4.69) is 10.6 Å². The Morgan fingerprint density at radius 3 is 2.47 bits per heavy atom. The van der Waals surface area contributed by atoms with Crippen molar-refractivity contribution in [2.24, 2.45) is 0 Å². The smallest absolute Gasteiger partial charge is 0.256 e. The Balaban J connectivity index is 3.04. The molecule has 106 valence electrons. The monoisotopic (exact) mass is 284 g/mol. The van der Waals surface area contributed by atoms with Gasteiger partial charge in [-0.2, -0.15) is 0 Å². The van der Waals surface area contributed by atoms with Gasteiger partial charge in [0.15, 0.2) is 5.78 Å². The number of nitrogens with one attached hydrogen (secondary N) is 2. The number of ketones is 1. The van der Waals surface area contributed by atoms with E-state index in [1.54, 1.807) is 0 Å². The van der Waals surface area contributed by atoms with Crippen molar-refractivity contribution < 1.29 is 9.59 Å². The van der Waals surface area contributed by atoms with Gasteiger partial charge in [-0.1, -0.05) is 0 Å². The first-order valence-corrected chi connectivity index (χ1v) is 6.74. The van der Waals surface area contributed by atoms with Crippen LogP contribution in [0.4, 0.5) is 10.7 Å². The van der Waals surface area contributed by atoms with Gasteiger partial charge in [0.2, 0.25) is 0 Å². The lowest BCUT2D eigenvalue weighted by atomic mass is 10.2. The van der Waals surface area contributed by atoms with E-state index >= 15 is 0 Å². The van der Waals surface area contributed by atoms with Crippen molar-refractivity contribution >= 4 is 33.7 Å². The minimum atomic E-state index is -0.284. The maximum atomic E-state index is 11.8. The van der Waals surface area contributed by atoms with Gasteiger partial charge >= 0.3 is 0 Å². The highest BCUT2D eigenvalue weighted by molar-refractivity contribution is 7.19. The first kappa shape index (κ1) is 15.5. The van der Waals surface area contributed by atoms with Gasteiger partial charge in [-0.15, -0.1) is 11.3 Å². The van der Waals surface area contributed by atoms with Crippen LogP contribution in [0, 0.1) is 0 Å². The Labute approximate surface area is 117 Å². The standard InChI is InChI=1S/C12H20N4O2S/c1-7(17)10-9(13)8(11(18)14-2)12(19-10)15-5-6-16(3)4/h15H,5-6,13H2,1-4H3,(H,14,18). The molecule has 0 aliphatic carbocycles. The highest BCUT2D eigenvalue weighted by atomic mass is 32.1. The van der Waals surface area contributed by atoms with Crippen molar-refractivity contribution in [3.8, 4) is 0 Å². The number of Topliss-reactive ketones (excluding diaryl/α,β-unsaturated/α-hetero) is 1. The number of thiophene rings is 1. The van der Waals surface area contributed by atoms with Gasteiger partial charge in [-0.05, 0) is 14.1 Å². The van der Waals surface area contributed by atoms with E-state index in [1.807, 2.05) is 19.0 Å². The number of hydrogen-bond donors (Lipinski definition) is 3. The fourth-order valence-electron chi connectivity index (χ4n) is 1.57. The molecule has 4 N–H and O–H groups in total. The number of rotatable bonds is 6. The van der Waals surface area contributed by atoms with Crippen molar-refractivity contribution in [2.45, 2.75) is 6.92 Å². The second-order valence-corrected chi connectivity index (χ2v) is 5.43. The van der Waals surface area contributed by atoms with Gasteiger partial charge in [0.1, 0.15) is 5.00 Å². The van der Waals surface area contributed by atoms with Crippen LogP contribution < -0.4 is 16.4 Å². The first-order valence-electron chi connectivity index (χ1n) is 5.92. The summed E-state index contributed by atoms with van der Waals surface area (Å²) in [5, 5.41) is 6.34. The molecule has 0 aromatic carbocycles. The zero-order valence-electron chi connectivity index (χ0n) is 11.7. The summed E-state index contributed by atoms with van der Waals surface area (Å²) >= 11 is 1.22. The minimum absolute atomic E-state index is 0.131. The number of nitrogens with zero attached hydrogens (tertiary/aromatic N) is 1. The number of nitrogens with two attached hydrogens (primary N) is 1. The average molecular weight is 284 g/mol. The molecule has 19 heavy (non-hydrogen) atoms. The summed E-state index contributed by atoms with van der Waals surface area (Å²) in [6, 6.07) is 0. The van der Waals surface area contributed by atoms with E-state index in [9.17, 15) is 9.59 Å². The maximum Gasteiger partial charge on any atom is 0.256 e. The number of likely N-dealkylation sites (N-methyl/N-ethyl adjacent to an activating group) is 1. The number of anilines is 2. The quantitative estimate of drug-likeness (QED) is 0.675. The van der Waals surface area contributed by atoms with Gasteiger partial charge in [-0.25, -0.2) is 0 Å². The molecule has 0 aliphatic heterocycles. The van der Waals surface area contributed by atoms with Gasteiger partial charge < -0.3 is 21.3 Å². The lowest BCUT2D eigenvalue weighted by molar-refractivity contribution is 0.0965. The summed E-state index contributed by atoms with van der Waals surface area (Å²) in [5.41, 5.74) is 6.50. The minimum Gasteiger partial charge on any atom is -0.397 e. The molecule has 7 heteroatoms. The number of hydrogen-bond acceptors (Lipinski definition) is 6. The summed E-state index contributed by atoms with van der Waals surface area (Å²) in [6.45, 7) is 2.94. The van der Waals surface area contributed by atoms with E-state index in [0.29, 0.717) is 22.0 Å². The molecule has 0 saturated carbocycles. The van der Waals surface area contributed by atoms with E-state index in [0.717, 1.165) is 6.54 Å². The van der Waals surface area contributed by atoms with Gasteiger partial charge in [0.05, 0.1) is 16.1 Å². The molecular formula is C12H20N4O2S. The third kappa shape index (κ3) is 3.68. The van der Waals surface area contributed by atoms with Crippen LogP contribution in [0.3, 0.4) is 0 Å². The summed E-state index contributed by atoms with van der Waals surface area (Å²) < 4.78 is 0. The Morgan fingerprint density at radius 2 is 2.00 bits per heavy atom. The molecule has 0 radical (unpaired) electrons. The molecule has 1 aromatic rings. The van der Waals surface area contributed by atoms with E-state index in [1.165, 1.54) is 25.3 Å². The molecule has 1 rings (SSSR count). The van der Waals surface area contributed by atoms with E-state index in [-0.39, 0.29) is 17.4 Å². The van der Waals surface area contributed by atoms with Gasteiger partial charge in [0.25, 0.3) is 5.91 Å². The lowest BCUT2D eigenvalue weighted by Crippen LogP contribution is -2.23. The van der Waals surface area contributed by atoms with Crippen LogP contribution in [0.1, 0.15) is 27.0 Å². The first-order chi connectivity index (χ1) is 8.88. The zero-order chi connectivity index (χ0) is 14.6. The zero-order valence-corrected chi connectivity index (χ0v) is 12.5. The molecule has 1 heterocycles. The molecule has 1 aromatic heterocycles. The van der Waals surface area contributed by atoms with Crippen LogP contribution in [-0.2, 0) is 0 Å². The van der Waals surface area contributed by atoms with Crippen molar-refractivity contribution in [1.82, 2.24) is 10.2 Å². The molecule has 0 bridgehead atoms. The van der Waals surface area contributed by atoms with Gasteiger partial charge in [0, 0.05) is 27.1 Å². The maximum absolute atomic E-state index is 11.8. The Hall–Kier alpha value is -1.60. The number of amides is 1. The fourth-order valence-corrected chi connectivity index (χ4v) is 2.61. The lowest BCUT2D eigenvalue weighted by Gasteiger charge is -2.11. The summed E-state index contributed by atoms with van der Waals surface area (Å²) in [6.07, 6.45) is 0. The highest BCUT2D eigenvalue weighted by Crippen LogP contribution is 2.35. The van der Waals surface area contributed by atoms with Crippen molar-refractivity contribution in [3.05, 3.63) is 10.4 Å². The average Bonchev–Trinajstić information content (AvgIpc) is 2.65. The van der Waals surface area contributed by atoms with E-state index < -0.39 is 0 Å². The number of nitrogen functional groups attached to an aromatic ring is 1. The summed E-state index contributed by atoms with van der Waals surface area (Å²) in [7, 11) is 5.47. The molecule has 1 amide bonds. The topological polar surface area (TPSA) is 87.5 Å². The summed E-state index contributed by atoms with van der Waals surface area (Å²) in [5.74, 6) is -0.415. The Kier molecular flexibility index (Phi) is 5.31. The molecule has 0 aliphatic rings. The van der Waals surface area contributed by atoms with Crippen LogP contribution in [0.5, 0.6) is 0 Å². The van der Waals surface area contributed by atoms with Crippen LogP contribution in [0.2, 0.25) is 0 Å². The van der Waals surface area contributed by atoms with Crippen LogP contribution in [0.25, 0.3) is 0 Å². The number of carbonyl (C=O) groups is 2. The highest BCUT2D eigenvalue weighted by Gasteiger charge is 2.23. The molecule has 0 atom stereocenters. The fraction of sp³-hybridized carbons (Fsp3) is 0.500. The third-order valence-electron chi connectivity index (χ3n) is 2.56. The number of carbonyl (C=O) groups excluding carboxylic acids is 2. The molecule has 0 spiro atoms. The normalized spacial score (nSPS) is 10.6. The van der Waals surface area contributed by atoms with Crippen molar-refractivity contribution in [3.63, 3.8) is 0 Å². The largest absolute Gasteiger partial charge is 0.397 e. The second-order valence-electron chi connectivity index (χ2n) is 4.41. The van der Waals surface area contributed by atoms with Crippen LogP contribution in [-0.4, -0.2) is 50.8 Å². The molecule has 6 nitrogen and oxygen atoms in total. The third-order valence-corrected chi connectivity index (χ3v) is 3.83. The predicted molar refractivity (Wildman–Crippen MR) is 79.2 cm³/mol. The molecule has 0 fully saturated rings. The van der Waals surface area contributed by atoms with Crippen molar-refractivity contribution in [1.29, 1.82) is 0 Å². The van der Waals surface area contributed by atoms with Gasteiger partial charge in [-0.3, -0.25) is 9.59 Å². The Morgan fingerprint density at radius 1 is 1.37 bits per heavy atom. The molecule has 0 unspecified atom stereocenters.